The van der Waals surface area contributed by atoms with Crippen molar-refractivity contribution in [2.75, 3.05) is 6.61 Å². The zero-order chi connectivity index (χ0) is 15.2. The number of halogens is 1. The van der Waals surface area contributed by atoms with Crippen molar-refractivity contribution in [2.24, 2.45) is 0 Å². The van der Waals surface area contributed by atoms with Crippen molar-refractivity contribution in [1.82, 2.24) is 10.2 Å². The van der Waals surface area contributed by atoms with Crippen molar-refractivity contribution >= 4 is 17.7 Å². The number of nitrogens with zero attached hydrogens (tertiary/aromatic N) is 2. The Bertz CT molecular complexity index is 601. The Hall–Kier alpha value is -1.89. The summed E-state index contributed by atoms with van der Waals surface area (Å²) in [7, 11) is 0. The lowest BCUT2D eigenvalue weighted by Gasteiger charge is -2.09. The number of carbonyl (C=O) groups excluding carboxylic acids is 1. The topological polar surface area (TPSA) is 65.2 Å². The van der Waals surface area contributed by atoms with Crippen molar-refractivity contribution in [2.45, 2.75) is 30.7 Å². The number of aromatic nitrogens is 2. The van der Waals surface area contributed by atoms with Gasteiger partial charge in [0.25, 0.3) is 5.22 Å². The van der Waals surface area contributed by atoms with Crippen molar-refractivity contribution in [1.29, 1.82) is 0 Å². The number of carbonyl (C=O) groups is 1. The van der Waals surface area contributed by atoms with E-state index in [1.807, 2.05) is 6.92 Å². The SMILES string of the molecule is CCOC(=O)C(CC)Sc1nnc(-c2ccc(F)cc2)o1. The predicted molar refractivity (Wildman–Crippen MR) is 76.3 cm³/mol. The summed E-state index contributed by atoms with van der Waals surface area (Å²) >= 11 is 1.17. The predicted octanol–water partition coefficient (Wildman–Crippen LogP) is 3.31. The van der Waals surface area contributed by atoms with E-state index in [2.05, 4.69) is 10.2 Å². The van der Waals surface area contributed by atoms with Crippen LogP contribution in [0, 0.1) is 5.82 Å². The highest BCUT2D eigenvalue weighted by Crippen LogP contribution is 2.28. The normalized spacial score (nSPS) is 12.1. The molecular formula is C14H15FN2O3S. The largest absolute Gasteiger partial charge is 0.465 e. The minimum absolute atomic E-state index is 0.286. The van der Waals surface area contributed by atoms with E-state index in [1.54, 1.807) is 19.1 Å². The average Bonchev–Trinajstić information content (AvgIpc) is 2.94. The van der Waals surface area contributed by atoms with Crippen LogP contribution in [0.25, 0.3) is 11.5 Å². The van der Waals surface area contributed by atoms with Crippen LogP contribution in [0.15, 0.2) is 33.9 Å². The van der Waals surface area contributed by atoms with Gasteiger partial charge in [-0.15, -0.1) is 10.2 Å². The molecule has 1 unspecified atom stereocenters. The van der Waals surface area contributed by atoms with Gasteiger partial charge in [0.05, 0.1) is 6.61 Å². The lowest BCUT2D eigenvalue weighted by Crippen LogP contribution is -2.19. The van der Waals surface area contributed by atoms with Gasteiger partial charge in [0.2, 0.25) is 5.89 Å². The zero-order valence-corrected chi connectivity index (χ0v) is 12.5. The van der Waals surface area contributed by atoms with E-state index in [-0.39, 0.29) is 28.1 Å². The molecule has 21 heavy (non-hydrogen) atoms. The molecule has 0 bridgehead atoms. The number of hydrogen-bond acceptors (Lipinski definition) is 6. The quantitative estimate of drug-likeness (QED) is 0.602. The highest BCUT2D eigenvalue weighted by atomic mass is 32.2. The van der Waals surface area contributed by atoms with Gasteiger partial charge in [-0.1, -0.05) is 18.7 Å². The molecule has 0 radical (unpaired) electrons. The maximum atomic E-state index is 12.9. The average molecular weight is 310 g/mol. The van der Waals surface area contributed by atoms with Gasteiger partial charge in [-0.2, -0.15) is 0 Å². The van der Waals surface area contributed by atoms with E-state index in [0.29, 0.717) is 18.6 Å². The third-order valence-corrected chi connectivity index (χ3v) is 3.84. The molecule has 1 aromatic carbocycles. The monoisotopic (exact) mass is 310 g/mol. The second kappa shape index (κ2) is 7.21. The third-order valence-electron chi connectivity index (χ3n) is 2.66. The standard InChI is InChI=1S/C14H15FN2O3S/c1-3-11(13(18)19-4-2)21-14-17-16-12(20-14)9-5-7-10(15)8-6-9/h5-8,11H,3-4H2,1-2H3. The third kappa shape index (κ3) is 4.04. The van der Waals surface area contributed by atoms with Gasteiger partial charge in [-0.05, 0) is 37.6 Å². The molecule has 0 spiro atoms. The number of thioether (sulfide) groups is 1. The van der Waals surface area contributed by atoms with E-state index in [9.17, 15) is 9.18 Å². The molecule has 7 heteroatoms. The van der Waals surface area contributed by atoms with Gasteiger partial charge in [-0.3, -0.25) is 4.79 Å². The summed E-state index contributed by atoms with van der Waals surface area (Å²) < 4.78 is 23.3. The lowest BCUT2D eigenvalue weighted by molar-refractivity contribution is -0.142. The minimum Gasteiger partial charge on any atom is -0.465 e. The molecule has 1 heterocycles. The van der Waals surface area contributed by atoms with Crippen LogP contribution in [0.4, 0.5) is 4.39 Å². The van der Waals surface area contributed by atoms with Crippen LogP contribution in [0.2, 0.25) is 0 Å². The van der Waals surface area contributed by atoms with Crippen LogP contribution in [-0.2, 0) is 9.53 Å². The first-order valence-electron chi connectivity index (χ1n) is 6.56. The van der Waals surface area contributed by atoms with Crippen LogP contribution < -0.4 is 0 Å². The highest BCUT2D eigenvalue weighted by Gasteiger charge is 2.22. The summed E-state index contributed by atoms with van der Waals surface area (Å²) in [6.07, 6.45) is 0.595. The first-order valence-corrected chi connectivity index (χ1v) is 7.44. The summed E-state index contributed by atoms with van der Waals surface area (Å²) in [4.78, 5) is 11.7. The van der Waals surface area contributed by atoms with Crippen LogP contribution in [0.5, 0.6) is 0 Å². The first-order chi connectivity index (χ1) is 10.1. The van der Waals surface area contributed by atoms with E-state index in [4.69, 9.17) is 9.15 Å². The van der Waals surface area contributed by atoms with Crippen molar-refractivity contribution < 1.29 is 18.3 Å². The van der Waals surface area contributed by atoms with E-state index >= 15 is 0 Å². The van der Waals surface area contributed by atoms with E-state index in [1.165, 1.54) is 23.9 Å². The summed E-state index contributed by atoms with van der Waals surface area (Å²) in [6, 6.07) is 5.75. The molecule has 2 aromatic rings. The second-order valence-corrected chi connectivity index (χ2v) is 5.30. The highest BCUT2D eigenvalue weighted by molar-refractivity contribution is 8.00. The number of rotatable bonds is 6. The van der Waals surface area contributed by atoms with E-state index < -0.39 is 0 Å². The zero-order valence-electron chi connectivity index (χ0n) is 11.7. The van der Waals surface area contributed by atoms with Gasteiger partial charge in [0, 0.05) is 5.56 Å². The molecule has 0 aliphatic carbocycles. The molecule has 0 aliphatic rings. The maximum Gasteiger partial charge on any atom is 0.319 e. The number of esters is 1. The summed E-state index contributed by atoms with van der Waals surface area (Å²) in [5.74, 6) is -0.344. The number of ether oxygens (including phenoxy) is 1. The molecule has 0 amide bonds. The molecule has 112 valence electrons. The minimum atomic E-state index is -0.383. The number of hydrogen-bond donors (Lipinski definition) is 0. The molecular weight excluding hydrogens is 295 g/mol. The van der Waals surface area contributed by atoms with Gasteiger partial charge in [0.15, 0.2) is 0 Å². The Balaban J connectivity index is 2.08. The van der Waals surface area contributed by atoms with Crippen molar-refractivity contribution in [3.63, 3.8) is 0 Å². The maximum absolute atomic E-state index is 12.9. The first kappa shape index (κ1) is 15.5. The van der Waals surface area contributed by atoms with Gasteiger partial charge in [-0.25, -0.2) is 4.39 Å². The fourth-order valence-corrected chi connectivity index (χ4v) is 2.41. The lowest BCUT2D eigenvalue weighted by atomic mass is 10.2. The molecule has 0 aliphatic heterocycles. The Morgan fingerprint density at radius 2 is 2.05 bits per heavy atom. The summed E-state index contributed by atoms with van der Waals surface area (Å²) in [5.41, 5.74) is 0.625. The van der Waals surface area contributed by atoms with Crippen molar-refractivity contribution in [3.8, 4) is 11.5 Å². The molecule has 1 atom stereocenters. The smallest absolute Gasteiger partial charge is 0.319 e. The second-order valence-electron chi connectivity index (χ2n) is 4.15. The fourth-order valence-electron chi connectivity index (χ4n) is 1.62. The summed E-state index contributed by atoms with van der Waals surface area (Å²) in [6.45, 7) is 3.97. The molecule has 0 saturated carbocycles. The molecule has 2 rings (SSSR count). The van der Waals surface area contributed by atoms with Crippen LogP contribution in [0.3, 0.4) is 0 Å². The van der Waals surface area contributed by atoms with E-state index in [0.717, 1.165) is 0 Å². The van der Waals surface area contributed by atoms with Crippen LogP contribution >= 0.6 is 11.8 Å². The van der Waals surface area contributed by atoms with Gasteiger partial charge < -0.3 is 9.15 Å². The van der Waals surface area contributed by atoms with Crippen LogP contribution in [0.1, 0.15) is 20.3 Å². The summed E-state index contributed by atoms with van der Waals surface area (Å²) in [5, 5.41) is 7.69. The molecule has 0 N–H and O–H groups in total. The molecule has 0 fully saturated rings. The Labute approximate surface area is 125 Å². The molecule has 1 aromatic heterocycles. The fraction of sp³-hybridized carbons (Fsp3) is 0.357. The van der Waals surface area contributed by atoms with Gasteiger partial charge in [0.1, 0.15) is 11.1 Å². The number of benzene rings is 1. The van der Waals surface area contributed by atoms with Crippen LogP contribution in [-0.4, -0.2) is 28.0 Å². The van der Waals surface area contributed by atoms with Crippen molar-refractivity contribution in [3.05, 3.63) is 30.1 Å². The Kier molecular flexibility index (Phi) is 5.32. The van der Waals surface area contributed by atoms with Gasteiger partial charge >= 0.3 is 5.97 Å². The molecule has 5 nitrogen and oxygen atoms in total. The molecule has 0 saturated heterocycles. The Morgan fingerprint density at radius 1 is 1.33 bits per heavy atom. The Morgan fingerprint density at radius 3 is 2.67 bits per heavy atom.